The van der Waals surface area contributed by atoms with Gasteiger partial charge in [0.05, 0.1) is 13.2 Å². The van der Waals surface area contributed by atoms with Crippen molar-refractivity contribution in [3.8, 4) is 0 Å². The number of hydrogen-bond acceptors (Lipinski definition) is 1. The van der Waals surface area contributed by atoms with Crippen LogP contribution in [-0.4, -0.2) is 6.61 Å². The third-order valence-corrected chi connectivity index (χ3v) is 2.65. The summed E-state index contributed by atoms with van der Waals surface area (Å²) in [6, 6.07) is 20.6. The van der Waals surface area contributed by atoms with Crippen LogP contribution < -0.4 is 0 Å². The van der Waals surface area contributed by atoms with Gasteiger partial charge in [-0.05, 0) is 17.5 Å². The maximum atomic E-state index is 5.61. The minimum Gasteiger partial charge on any atom is -0.376 e. The molecule has 0 heterocycles. The number of benzene rings is 2. The zero-order valence-electron chi connectivity index (χ0n) is 10.5. The summed E-state index contributed by atoms with van der Waals surface area (Å²) in [6.45, 7) is 1.46. The third-order valence-electron chi connectivity index (χ3n) is 2.65. The monoisotopic (exact) mass is 238 g/mol. The summed E-state index contributed by atoms with van der Waals surface area (Å²) in [4.78, 5) is 0. The van der Waals surface area contributed by atoms with Gasteiger partial charge in [-0.1, -0.05) is 72.8 Å². The second-order valence-corrected chi connectivity index (χ2v) is 4.14. The lowest BCUT2D eigenvalue weighted by Crippen LogP contribution is -1.93. The molecular formula is C17H18O. The summed E-state index contributed by atoms with van der Waals surface area (Å²) < 4.78 is 5.61. The summed E-state index contributed by atoms with van der Waals surface area (Å²) in [6.07, 6.45) is 5.23. The first-order valence-electron chi connectivity index (χ1n) is 6.28. The van der Waals surface area contributed by atoms with Crippen LogP contribution in [0.5, 0.6) is 0 Å². The van der Waals surface area contributed by atoms with Crippen molar-refractivity contribution < 1.29 is 4.74 Å². The highest BCUT2D eigenvalue weighted by molar-refractivity contribution is 5.48. The van der Waals surface area contributed by atoms with Crippen molar-refractivity contribution in [2.45, 2.75) is 13.0 Å². The lowest BCUT2D eigenvalue weighted by Gasteiger charge is -2.01. The molecule has 0 radical (unpaired) electrons. The van der Waals surface area contributed by atoms with Gasteiger partial charge in [0.2, 0.25) is 0 Å². The first kappa shape index (κ1) is 12.6. The predicted molar refractivity (Wildman–Crippen MR) is 76.2 cm³/mol. The molecule has 0 unspecified atom stereocenters. The molecule has 1 heteroatoms. The van der Waals surface area contributed by atoms with Crippen molar-refractivity contribution in [1.29, 1.82) is 0 Å². The van der Waals surface area contributed by atoms with Crippen LogP contribution in [0.4, 0.5) is 0 Å². The van der Waals surface area contributed by atoms with Crippen molar-refractivity contribution >= 4 is 6.08 Å². The Morgan fingerprint density at radius 2 is 1.50 bits per heavy atom. The molecule has 0 amide bonds. The smallest absolute Gasteiger partial charge is 0.0717 e. The van der Waals surface area contributed by atoms with Crippen LogP contribution in [0.15, 0.2) is 66.7 Å². The van der Waals surface area contributed by atoms with Crippen molar-refractivity contribution in [3.05, 3.63) is 77.9 Å². The summed E-state index contributed by atoms with van der Waals surface area (Å²) in [5.41, 5.74) is 2.46. The second kappa shape index (κ2) is 7.46. The van der Waals surface area contributed by atoms with Gasteiger partial charge >= 0.3 is 0 Å². The van der Waals surface area contributed by atoms with Gasteiger partial charge in [0.25, 0.3) is 0 Å². The van der Waals surface area contributed by atoms with Gasteiger partial charge in [-0.2, -0.15) is 0 Å². The first-order chi connectivity index (χ1) is 8.95. The molecule has 0 aliphatic rings. The molecule has 0 fully saturated rings. The Labute approximate surface area is 109 Å². The molecule has 0 N–H and O–H groups in total. The normalized spacial score (nSPS) is 10.9. The highest BCUT2D eigenvalue weighted by Crippen LogP contribution is 2.03. The average Bonchev–Trinajstić information content (AvgIpc) is 2.45. The Kier molecular flexibility index (Phi) is 5.22. The van der Waals surface area contributed by atoms with Crippen LogP contribution in [0.2, 0.25) is 0 Å². The van der Waals surface area contributed by atoms with Gasteiger partial charge in [0.1, 0.15) is 0 Å². The average molecular weight is 238 g/mol. The largest absolute Gasteiger partial charge is 0.376 e. The highest BCUT2D eigenvalue weighted by Gasteiger charge is 1.90. The van der Waals surface area contributed by atoms with E-state index in [1.54, 1.807) is 0 Å². The van der Waals surface area contributed by atoms with Gasteiger partial charge < -0.3 is 4.74 Å². The lowest BCUT2D eigenvalue weighted by atomic mass is 10.2. The molecule has 92 valence electrons. The molecule has 0 bridgehead atoms. The van der Waals surface area contributed by atoms with Crippen LogP contribution >= 0.6 is 0 Å². The fourth-order valence-corrected chi connectivity index (χ4v) is 1.70. The lowest BCUT2D eigenvalue weighted by molar-refractivity contribution is 0.125. The van der Waals surface area contributed by atoms with Crippen molar-refractivity contribution in [3.63, 3.8) is 0 Å². The van der Waals surface area contributed by atoms with Gasteiger partial charge in [-0.15, -0.1) is 0 Å². The van der Waals surface area contributed by atoms with Crippen LogP contribution in [0, 0.1) is 0 Å². The Balaban J connectivity index is 1.63. The molecule has 1 nitrogen and oxygen atoms in total. The summed E-state index contributed by atoms with van der Waals surface area (Å²) in [7, 11) is 0. The number of rotatable bonds is 6. The van der Waals surface area contributed by atoms with E-state index >= 15 is 0 Å². The Morgan fingerprint density at radius 1 is 0.833 bits per heavy atom. The van der Waals surface area contributed by atoms with E-state index < -0.39 is 0 Å². The van der Waals surface area contributed by atoms with Crippen LogP contribution in [0.1, 0.15) is 17.5 Å². The molecule has 18 heavy (non-hydrogen) atoms. The van der Waals surface area contributed by atoms with Crippen molar-refractivity contribution in [2.75, 3.05) is 6.61 Å². The molecule has 2 aromatic rings. The molecule has 0 aliphatic heterocycles. The third kappa shape index (κ3) is 4.56. The maximum Gasteiger partial charge on any atom is 0.0717 e. The minimum atomic E-state index is 0.694. The van der Waals surface area contributed by atoms with E-state index in [4.69, 9.17) is 4.74 Å². The molecule has 0 saturated carbocycles. The standard InChI is InChI=1S/C17H18O/c1-3-9-16(10-4-1)11-7-8-14-18-15-17-12-5-2-6-13-17/h1-7,9-13H,8,14-15H2. The SMILES string of the molecule is C(=Cc1ccccc1)CCOCc1ccccc1. The summed E-state index contributed by atoms with van der Waals surface area (Å²) in [5, 5.41) is 0. The minimum absolute atomic E-state index is 0.694. The highest BCUT2D eigenvalue weighted by atomic mass is 16.5. The Hall–Kier alpha value is -1.86. The molecule has 0 saturated heterocycles. The number of hydrogen-bond donors (Lipinski definition) is 0. The van der Waals surface area contributed by atoms with Gasteiger partial charge in [-0.25, -0.2) is 0 Å². The Bertz CT molecular complexity index is 459. The van der Waals surface area contributed by atoms with Crippen molar-refractivity contribution in [2.24, 2.45) is 0 Å². The van der Waals surface area contributed by atoms with E-state index in [-0.39, 0.29) is 0 Å². The fourth-order valence-electron chi connectivity index (χ4n) is 1.70. The predicted octanol–water partition coefficient (Wildman–Crippen LogP) is 4.31. The van der Waals surface area contributed by atoms with Crippen LogP contribution in [-0.2, 0) is 11.3 Å². The molecule has 2 aromatic carbocycles. The van der Waals surface area contributed by atoms with E-state index in [0.717, 1.165) is 13.0 Å². The second-order valence-electron chi connectivity index (χ2n) is 4.14. The first-order valence-corrected chi connectivity index (χ1v) is 6.28. The van der Waals surface area contributed by atoms with Crippen LogP contribution in [0.25, 0.3) is 6.08 Å². The van der Waals surface area contributed by atoms with E-state index in [1.807, 2.05) is 36.4 Å². The van der Waals surface area contributed by atoms with E-state index in [2.05, 4.69) is 36.4 Å². The Morgan fingerprint density at radius 3 is 2.22 bits per heavy atom. The molecule has 0 atom stereocenters. The molecule has 2 rings (SSSR count). The molecule has 0 aromatic heterocycles. The van der Waals surface area contributed by atoms with Gasteiger partial charge in [0, 0.05) is 0 Å². The molecule has 0 spiro atoms. The van der Waals surface area contributed by atoms with Crippen molar-refractivity contribution in [1.82, 2.24) is 0 Å². The quantitative estimate of drug-likeness (QED) is 0.681. The summed E-state index contributed by atoms with van der Waals surface area (Å²) in [5.74, 6) is 0. The van der Waals surface area contributed by atoms with Gasteiger partial charge in [-0.3, -0.25) is 0 Å². The summed E-state index contributed by atoms with van der Waals surface area (Å²) >= 11 is 0. The topological polar surface area (TPSA) is 9.23 Å². The number of ether oxygens (including phenoxy) is 1. The zero-order chi connectivity index (χ0) is 12.5. The fraction of sp³-hybridized carbons (Fsp3) is 0.176. The van der Waals surface area contributed by atoms with Gasteiger partial charge in [0.15, 0.2) is 0 Å². The zero-order valence-corrected chi connectivity index (χ0v) is 10.5. The maximum absolute atomic E-state index is 5.61. The van der Waals surface area contributed by atoms with E-state index in [1.165, 1.54) is 11.1 Å². The van der Waals surface area contributed by atoms with E-state index in [0.29, 0.717) is 6.61 Å². The van der Waals surface area contributed by atoms with E-state index in [9.17, 15) is 0 Å². The van der Waals surface area contributed by atoms with Crippen LogP contribution in [0.3, 0.4) is 0 Å². The molecular weight excluding hydrogens is 220 g/mol. The molecule has 0 aliphatic carbocycles.